The lowest BCUT2D eigenvalue weighted by atomic mass is 10.3. The number of benzene rings is 2. The van der Waals surface area contributed by atoms with Crippen LogP contribution in [-0.2, 0) is 19.9 Å². The predicted octanol–water partition coefficient (Wildman–Crippen LogP) is 1.41. The van der Waals surface area contributed by atoms with Gasteiger partial charge in [-0.1, -0.05) is 12.1 Å². The Morgan fingerprint density at radius 3 is 2.33 bits per heavy atom. The molecule has 0 saturated carbocycles. The zero-order valence-electron chi connectivity index (χ0n) is 15.3. The highest BCUT2D eigenvalue weighted by molar-refractivity contribution is 7.93. The number of nitrogens with two attached hydrogens (primary N) is 1. The van der Waals surface area contributed by atoms with Gasteiger partial charge in [0.05, 0.1) is 29.1 Å². The molecule has 8 nitrogen and oxygen atoms in total. The summed E-state index contributed by atoms with van der Waals surface area (Å²) < 4.78 is 58.2. The molecule has 2 rings (SSSR count). The molecule has 10 heteroatoms. The molecule has 0 bridgehead atoms. The molecule has 3 N–H and O–H groups in total. The van der Waals surface area contributed by atoms with Crippen molar-refractivity contribution < 1.29 is 21.6 Å². The van der Waals surface area contributed by atoms with Gasteiger partial charge in [-0.05, 0) is 44.4 Å². The summed E-state index contributed by atoms with van der Waals surface area (Å²) >= 11 is 0. The summed E-state index contributed by atoms with van der Waals surface area (Å²) in [4.78, 5) is 1.36. The third kappa shape index (κ3) is 5.12. The van der Waals surface area contributed by atoms with Crippen LogP contribution >= 0.6 is 0 Å². The number of sulfonamides is 1. The van der Waals surface area contributed by atoms with E-state index < -0.39 is 19.9 Å². The normalized spacial score (nSPS) is 12.1. The Hall–Kier alpha value is -2.30. The lowest BCUT2D eigenvalue weighted by Gasteiger charge is -2.15. The fourth-order valence-electron chi connectivity index (χ4n) is 2.27. The van der Waals surface area contributed by atoms with E-state index in [0.29, 0.717) is 6.54 Å². The third-order valence-electron chi connectivity index (χ3n) is 3.80. The summed E-state index contributed by atoms with van der Waals surface area (Å²) in [5, 5.41) is 0. The summed E-state index contributed by atoms with van der Waals surface area (Å²) in [5.74, 6) is -0.103. The van der Waals surface area contributed by atoms with E-state index in [1.54, 1.807) is 37.2 Å². The van der Waals surface area contributed by atoms with Gasteiger partial charge in [0, 0.05) is 6.54 Å². The van der Waals surface area contributed by atoms with Crippen molar-refractivity contribution in [2.24, 2.45) is 0 Å². The van der Waals surface area contributed by atoms with Crippen LogP contribution in [-0.4, -0.2) is 55.2 Å². The van der Waals surface area contributed by atoms with Gasteiger partial charge in [0.2, 0.25) is 0 Å². The van der Waals surface area contributed by atoms with Gasteiger partial charge in [0.1, 0.15) is 10.6 Å². The van der Waals surface area contributed by atoms with Gasteiger partial charge in [0.25, 0.3) is 10.0 Å². The van der Waals surface area contributed by atoms with Crippen molar-refractivity contribution in [1.82, 2.24) is 4.90 Å². The largest absolute Gasteiger partial charge is 0.495 e. The summed E-state index contributed by atoms with van der Waals surface area (Å²) in [6, 6.07) is 10.1. The summed E-state index contributed by atoms with van der Waals surface area (Å²) in [5.41, 5.74) is 6.22. The first-order valence-electron chi connectivity index (χ1n) is 7.99. The van der Waals surface area contributed by atoms with E-state index in [1.165, 1.54) is 25.3 Å². The highest BCUT2D eigenvalue weighted by Crippen LogP contribution is 2.30. The molecule has 0 spiro atoms. The van der Waals surface area contributed by atoms with Crippen molar-refractivity contribution in [3.8, 4) is 5.75 Å². The standard InChI is InChI=1S/C17H23N3O5S2/c1-20(2)10-11-26(21,22)13-8-9-16(25-3)17(12-13)27(23,24)19-15-7-5-4-6-14(15)18/h4-9,12,19H,10-11,18H2,1-3H3. The molecule has 0 amide bonds. The molecular weight excluding hydrogens is 390 g/mol. The average Bonchev–Trinajstić information content (AvgIpc) is 2.61. The zero-order valence-corrected chi connectivity index (χ0v) is 17.0. The molecule has 0 radical (unpaired) electrons. The second-order valence-electron chi connectivity index (χ2n) is 6.13. The topological polar surface area (TPSA) is 119 Å². The van der Waals surface area contributed by atoms with Crippen LogP contribution in [0.15, 0.2) is 52.3 Å². The number of nitrogen functional groups attached to an aromatic ring is 1. The monoisotopic (exact) mass is 413 g/mol. The molecule has 2 aromatic rings. The third-order valence-corrected chi connectivity index (χ3v) is 6.87. The number of hydrogen-bond donors (Lipinski definition) is 2. The van der Waals surface area contributed by atoms with Crippen LogP contribution in [0.25, 0.3) is 0 Å². The second-order valence-corrected chi connectivity index (χ2v) is 9.89. The first-order chi connectivity index (χ1) is 12.6. The van der Waals surface area contributed by atoms with E-state index in [0.717, 1.165) is 6.07 Å². The van der Waals surface area contributed by atoms with Crippen LogP contribution in [0.2, 0.25) is 0 Å². The lowest BCUT2D eigenvalue weighted by Crippen LogP contribution is -2.22. The molecule has 148 valence electrons. The Labute approximate surface area is 159 Å². The smallest absolute Gasteiger partial charge is 0.265 e. The quantitative estimate of drug-likeness (QED) is 0.628. The number of anilines is 2. The Morgan fingerprint density at radius 1 is 1.07 bits per heavy atom. The van der Waals surface area contributed by atoms with Gasteiger partial charge in [-0.25, -0.2) is 16.8 Å². The first kappa shape index (κ1) is 21.0. The first-order valence-corrected chi connectivity index (χ1v) is 11.1. The van der Waals surface area contributed by atoms with Crippen LogP contribution < -0.4 is 15.2 Å². The fraction of sp³-hybridized carbons (Fsp3) is 0.294. The number of rotatable bonds is 8. The van der Waals surface area contributed by atoms with E-state index in [4.69, 9.17) is 10.5 Å². The van der Waals surface area contributed by atoms with Crippen molar-refractivity contribution in [2.45, 2.75) is 9.79 Å². The van der Waals surface area contributed by atoms with Crippen molar-refractivity contribution in [1.29, 1.82) is 0 Å². The second kappa shape index (κ2) is 8.15. The minimum absolute atomic E-state index is 0.0311. The molecule has 0 aliphatic rings. The van der Waals surface area contributed by atoms with Gasteiger partial charge < -0.3 is 15.4 Å². The van der Waals surface area contributed by atoms with E-state index >= 15 is 0 Å². The Balaban J connectivity index is 2.47. The molecule has 27 heavy (non-hydrogen) atoms. The van der Waals surface area contributed by atoms with E-state index in [2.05, 4.69) is 4.72 Å². The summed E-state index contributed by atoms with van der Waals surface area (Å²) in [7, 11) is -2.95. The molecule has 0 aliphatic carbocycles. The Morgan fingerprint density at radius 2 is 1.74 bits per heavy atom. The van der Waals surface area contributed by atoms with Crippen LogP contribution in [0, 0.1) is 0 Å². The van der Waals surface area contributed by atoms with Crippen molar-refractivity contribution in [2.75, 3.05) is 44.0 Å². The highest BCUT2D eigenvalue weighted by Gasteiger charge is 2.24. The fourth-order valence-corrected chi connectivity index (χ4v) is 5.04. The number of methoxy groups -OCH3 is 1. The number of nitrogens with one attached hydrogen (secondary N) is 1. The number of hydrogen-bond acceptors (Lipinski definition) is 7. The molecule has 0 heterocycles. The number of sulfone groups is 1. The maximum atomic E-state index is 12.8. The molecule has 2 aromatic carbocycles. The van der Waals surface area contributed by atoms with Crippen LogP contribution in [0.3, 0.4) is 0 Å². The number of ether oxygens (including phenoxy) is 1. The maximum Gasteiger partial charge on any atom is 0.265 e. The van der Waals surface area contributed by atoms with Crippen molar-refractivity contribution in [3.63, 3.8) is 0 Å². The predicted molar refractivity (Wildman–Crippen MR) is 105 cm³/mol. The van der Waals surface area contributed by atoms with E-state index in [1.807, 2.05) is 0 Å². The zero-order chi connectivity index (χ0) is 20.2. The van der Waals surface area contributed by atoms with Gasteiger partial charge in [-0.15, -0.1) is 0 Å². The van der Waals surface area contributed by atoms with Crippen molar-refractivity contribution in [3.05, 3.63) is 42.5 Å². The maximum absolute atomic E-state index is 12.8. The van der Waals surface area contributed by atoms with E-state index in [9.17, 15) is 16.8 Å². The Bertz CT molecular complexity index is 1020. The molecule has 0 aromatic heterocycles. The minimum Gasteiger partial charge on any atom is -0.495 e. The SMILES string of the molecule is COc1ccc(S(=O)(=O)CCN(C)C)cc1S(=O)(=O)Nc1ccccc1N. The van der Waals surface area contributed by atoms with Gasteiger partial charge in [-0.2, -0.15) is 0 Å². The Kier molecular flexibility index (Phi) is 6.34. The number of para-hydroxylation sites is 2. The highest BCUT2D eigenvalue weighted by atomic mass is 32.2. The van der Waals surface area contributed by atoms with Crippen LogP contribution in [0.1, 0.15) is 0 Å². The average molecular weight is 414 g/mol. The molecule has 0 aliphatic heterocycles. The summed E-state index contributed by atoms with van der Waals surface area (Å²) in [6.45, 7) is 0.315. The summed E-state index contributed by atoms with van der Waals surface area (Å²) in [6.07, 6.45) is 0. The molecule has 0 atom stereocenters. The van der Waals surface area contributed by atoms with Crippen molar-refractivity contribution >= 4 is 31.2 Å². The van der Waals surface area contributed by atoms with Gasteiger partial charge >= 0.3 is 0 Å². The van der Waals surface area contributed by atoms with E-state index in [-0.39, 0.29) is 32.7 Å². The minimum atomic E-state index is -4.12. The molecule has 0 fully saturated rings. The van der Waals surface area contributed by atoms with Crippen LogP contribution in [0.5, 0.6) is 5.75 Å². The molecule has 0 saturated heterocycles. The number of nitrogens with zero attached hydrogens (tertiary/aromatic N) is 1. The van der Waals surface area contributed by atoms with Gasteiger partial charge in [-0.3, -0.25) is 4.72 Å². The lowest BCUT2D eigenvalue weighted by molar-refractivity contribution is 0.402. The molecule has 0 unspecified atom stereocenters. The molecular formula is C17H23N3O5S2. The van der Waals surface area contributed by atoms with Crippen LogP contribution in [0.4, 0.5) is 11.4 Å². The van der Waals surface area contributed by atoms with Gasteiger partial charge in [0.15, 0.2) is 9.84 Å².